The Morgan fingerprint density at radius 3 is 2.40 bits per heavy atom. The summed E-state index contributed by atoms with van der Waals surface area (Å²) in [5.74, 6) is -0.980. The van der Waals surface area contributed by atoms with E-state index < -0.39 is 21.5 Å². The maximum absolute atomic E-state index is 12.0. The van der Waals surface area contributed by atoms with Gasteiger partial charge in [-0.25, -0.2) is 8.42 Å². The first-order valence-electron chi connectivity index (χ1n) is 6.79. The Morgan fingerprint density at radius 2 is 1.80 bits per heavy atom. The van der Waals surface area contributed by atoms with Crippen LogP contribution in [0.1, 0.15) is 31.2 Å². The second kappa shape index (κ2) is 6.26. The van der Waals surface area contributed by atoms with Crippen LogP contribution in [0.5, 0.6) is 0 Å². The molecule has 110 valence electrons. The molecule has 0 unspecified atom stereocenters. The minimum absolute atomic E-state index is 0.134. The molecule has 1 aromatic rings. The van der Waals surface area contributed by atoms with E-state index in [9.17, 15) is 13.2 Å². The molecule has 0 aromatic heterocycles. The third-order valence-corrected chi connectivity index (χ3v) is 4.91. The number of hydrogen-bond acceptors (Lipinski definition) is 4. The van der Waals surface area contributed by atoms with Crippen LogP contribution in [-0.4, -0.2) is 26.1 Å². The molecule has 5 nitrogen and oxygen atoms in total. The molecule has 0 bridgehead atoms. The van der Waals surface area contributed by atoms with Gasteiger partial charge in [0.1, 0.15) is 5.75 Å². The molecule has 20 heavy (non-hydrogen) atoms. The molecule has 3 N–H and O–H groups in total. The monoisotopic (exact) mass is 296 g/mol. The lowest BCUT2D eigenvalue weighted by molar-refractivity contribution is -0.119. The molecule has 0 radical (unpaired) electrons. The summed E-state index contributed by atoms with van der Waals surface area (Å²) in [6, 6.07) is 6.80. The molecule has 1 aliphatic carbocycles. The highest BCUT2D eigenvalue weighted by atomic mass is 32.2. The molecule has 6 heteroatoms. The van der Waals surface area contributed by atoms with E-state index >= 15 is 0 Å². The first-order valence-corrected chi connectivity index (χ1v) is 8.61. The van der Waals surface area contributed by atoms with Crippen LogP contribution in [0.2, 0.25) is 0 Å². The number of anilines is 1. The summed E-state index contributed by atoms with van der Waals surface area (Å²) in [5, 5.41) is 2.79. The molecule has 1 fully saturated rings. The SMILES string of the molecule is Nc1ccc(CS(=O)(=O)CC(=O)NC2CCCC2)cc1. The van der Waals surface area contributed by atoms with E-state index in [1.807, 2.05) is 0 Å². The predicted molar refractivity (Wildman–Crippen MR) is 78.7 cm³/mol. The second-order valence-corrected chi connectivity index (χ2v) is 7.39. The Morgan fingerprint density at radius 1 is 1.20 bits per heavy atom. The van der Waals surface area contributed by atoms with Gasteiger partial charge in [0, 0.05) is 11.7 Å². The number of sulfone groups is 1. The van der Waals surface area contributed by atoms with E-state index in [4.69, 9.17) is 5.73 Å². The van der Waals surface area contributed by atoms with Crippen molar-refractivity contribution < 1.29 is 13.2 Å². The second-order valence-electron chi connectivity index (χ2n) is 5.32. The fourth-order valence-corrected chi connectivity index (χ4v) is 3.74. The van der Waals surface area contributed by atoms with Gasteiger partial charge in [0.2, 0.25) is 5.91 Å². The predicted octanol–water partition coefficient (Wildman–Crippen LogP) is 1.24. The lowest BCUT2D eigenvalue weighted by atomic mass is 10.2. The van der Waals surface area contributed by atoms with Crippen LogP contribution in [0.3, 0.4) is 0 Å². The summed E-state index contributed by atoms with van der Waals surface area (Å²) >= 11 is 0. The molecule has 1 saturated carbocycles. The molecule has 1 aromatic carbocycles. The van der Waals surface area contributed by atoms with Crippen LogP contribution >= 0.6 is 0 Å². The number of nitrogen functional groups attached to an aromatic ring is 1. The van der Waals surface area contributed by atoms with Crippen molar-refractivity contribution >= 4 is 21.4 Å². The van der Waals surface area contributed by atoms with Gasteiger partial charge in [0.25, 0.3) is 0 Å². The lowest BCUT2D eigenvalue weighted by Gasteiger charge is -2.12. The fourth-order valence-electron chi connectivity index (χ4n) is 2.46. The minimum atomic E-state index is -3.44. The average molecular weight is 296 g/mol. The maximum atomic E-state index is 12.0. The number of rotatable bonds is 5. The van der Waals surface area contributed by atoms with Gasteiger partial charge in [-0.05, 0) is 30.5 Å². The highest BCUT2D eigenvalue weighted by Gasteiger charge is 2.21. The molecule has 0 atom stereocenters. The van der Waals surface area contributed by atoms with Gasteiger partial charge in [0.15, 0.2) is 9.84 Å². The number of carbonyl (C=O) groups is 1. The van der Waals surface area contributed by atoms with Gasteiger partial charge in [-0.15, -0.1) is 0 Å². The molecular weight excluding hydrogens is 276 g/mol. The van der Waals surface area contributed by atoms with Crippen LogP contribution in [-0.2, 0) is 20.4 Å². The van der Waals surface area contributed by atoms with Gasteiger partial charge in [-0.2, -0.15) is 0 Å². The summed E-state index contributed by atoms with van der Waals surface area (Å²) in [6.45, 7) is 0. The highest BCUT2D eigenvalue weighted by Crippen LogP contribution is 2.17. The van der Waals surface area contributed by atoms with Crippen molar-refractivity contribution in [2.24, 2.45) is 0 Å². The maximum Gasteiger partial charge on any atom is 0.235 e. The van der Waals surface area contributed by atoms with Crippen molar-refractivity contribution in [3.8, 4) is 0 Å². The van der Waals surface area contributed by atoms with E-state index in [-0.39, 0.29) is 11.8 Å². The Labute approximate surface area is 119 Å². The molecular formula is C14H20N2O3S. The summed E-state index contributed by atoms with van der Waals surface area (Å²) in [7, 11) is -3.44. The summed E-state index contributed by atoms with van der Waals surface area (Å²) < 4.78 is 24.0. The smallest absolute Gasteiger partial charge is 0.235 e. The minimum Gasteiger partial charge on any atom is -0.399 e. The van der Waals surface area contributed by atoms with Crippen molar-refractivity contribution in [2.75, 3.05) is 11.5 Å². The van der Waals surface area contributed by atoms with Gasteiger partial charge in [-0.1, -0.05) is 25.0 Å². The van der Waals surface area contributed by atoms with Crippen LogP contribution in [0.15, 0.2) is 24.3 Å². The first-order chi connectivity index (χ1) is 9.44. The zero-order valence-corrected chi connectivity index (χ0v) is 12.2. The van der Waals surface area contributed by atoms with E-state index in [1.165, 1.54) is 0 Å². The number of benzene rings is 1. The van der Waals surface area contributed by atoms with E-state index in [0.717, 1.165) is 25.7 Å². The van der Waals surface area contributed by atoms with E-state index in [1.54, 1.807) is 24.3 Å². The Kier molecular flexibility index (Phi) is 4.65. The van der Waals surface area contributed by atoms with Crippen LogP contribution in [0.25, 0.3) is 0 Å². The van der Waals surface area contributed by atoms with Crippen molar-refractivity contribution in [3.05, 3.63) is 29.8 Å². The summed E-state index contributed by atoms with van der Waals surface area (Å²) in [5.41, 5.74) is 6.78. The number of amides is 1. The van der Waals surface area contributed by atoms with Gasteiger partial charge < -0.3 is 11.1 Å². The molecule has 1 amide bonds. The Bertz CT molecular complexity index is 561. The fraction of sp³-hybridized carbons (Fsp3) is 0.500. The zero-order chi connectivity index (χ0) is 14.6. The van der Waals surface area contributed by atoms with E-state index in [2.05, 4.69) is 5.32 Å². The Hall–Kier alpha value is -1.56. The summed E-state index contributed by atoms with van der Waals surface area (Å²) in [6.07, 6.45) is 4.10. The van der Waals surface area contributed by atoms with Crippen molar-refractivity contribution in [2.45, 2.75) is 37.5 Å². The zero-order valence-electron chi connectivity index (χ0n) is 11.3. The van der Waals surface area contributed by atoms with Crippen LogP contribution < -0.4 is 11.1 Å². The lowest BCUT2D eigenvalue weighted by Crippen LogP contribution is -2.37. The van der Waals surface area contributed by atoms with Crippen molar-refractivity contribution in [3.63, 3.8) is 0 Å². The highest BCUT2D eigenvalue weighted by molar-refractivity contribution is 7.91. The van der Waals surface area contributed by atoms with Crippen molar-refractivity contribution in [1.82, 2.24) is 5.32 Å². The molecule has 0 saturated heterocycles. The largest absolute Gasteiger partial charge is 0.399 e. The van der Waals surface area contributed by atoms with Crippen LogP contribution in [0.4, 0.5) is 5.69 Å². The van der Waals surface area contributed by atoms with Gasteiger partial charge >= 0.3 is 0 Å². The number of nitrogens with two attached hydrogens (primary N) is 1. The molecule has 0 heterocycles. The topological polar surface area (TPSA) is 89.3 Å². The summed E-state index contributed by atoms with van der Waals surface area (Å²) in [4.78, 5) is 11.7. The van der Waals surface area contributed by atoms with Crippen LogP contribution in [0, 0.1) is 0 Å². The quantitative estimate of drug-likeness (QED) is 0.800. The standard InChI is InChI=1S/C14H20N2O3S/c15-12-7-5-11(6-8-12)9-20(18,19)10-14(17)16-13-3-1-2-4-13/h5-8,13H,1-4,9-10,15H2,(H,16,17). The number of nitrogens with one attached hydrogen (secondary N) is 1. The number of carbonyl (C=O) groups excluding carboxylic acids is 1. The van der Waals surface area contributed by atoms with E-state index in [0.29, 0.717) is 11.3 Å². The normalized spacial score (nSPS) is 16.2. The van der Waals surface area contributed by atoms with Gasteiger partial charge in [-0.3, -0.25) is 4.79 Å². The molecule has 1 aliphatic rings. The van der Waals surface area contributed by atoms with Gasteiger partial charge in [0.05, 0.1) is 5.75 Å². The molecule has 0 aliphatic heterocycles. The average Bonchev–Trinajstić information content (AvgIpc) is 2.83. The third kappa shape index (κ3) is 4.52. The third-order valence-electron chi connectivity index (χ3n) is 3.44. The Balaban J connectivity index is 1.89. The van der Waals surface area contributed by atoms with Crippen molar-refractivity contribution in [1.29, 1.82) is 0 Å². The first kappa shape index (κ1) is 14.8. The number of hydrogen-bond donors (Lipinski definition) is 2. The molecule has 0 spiro atoms. The molecule has 2 rings (SSSR count).